The van der Waals surface area contributed by atoms with E-state index in [0.29, 0.717) is 24.6 Å². The molecule has 0 bridgehead atoms. The van der Waals surface area contributed by atoms with Gasteiger partial charge in [0.05, 0.1) is 23.7 Å². The molecule has 1 aliphatic carbocycles. The van der Waals surface area contributed by atoms with Crippen molar-refractivity contribution in [1.29, 1.82) is 0 Å². The Hall–Kier alpha value is -2.14. The highest BCUT2D eigenvalue weighted by atomic mass is 16.5. The molecule has 3 rings (SSSR count). The first kappa shape index (κ1) is 21.6. The molecular weight excluding hydrogens is 364 g/mol. The zero-order valence-corrected chi connectivity index (χ0v) is 18.1. The van der Waals surface area contributed by atoms with Crippen LogP contribution in [0.1, 0.15) is 64.1 Å². The molecular formula is C24H34N2O3. The Kier molecular flexibility index (Phi) is 6.78. The molecule has 0 amide bonds. The summed E-state index contributed by atoms with van der Waals surface area (Å²) in [5.41, 5.74) is 3.42. The SMILES string of the molecule is Cc1cc(CNCCC(=O)O)nc2ccc(O[C@H]3CC[C@H](C(C)(C)C)CC3)cc12. The van der Waals surface area contributed by atoms with Crippen molar-refractivity contribution in [3.63, 3.8) is 0 Å². The molecule has 0 unspecified atom stereocenters. The summed E-state index contributed by atoms with van der Waals surface area (Å²) in [7, 11) is 0. The van der Waals surface area contributed by atoms with Gasteiger partial charge in [-0.1, -0.05) is 20.8 Å². The Labute approximate surface area is 173 Å². The minimum Gasteiger partial charge on any atom is -0.490 e. The molecule has 0 spiro atoms. The Bertz CT molecular complexity index is 849. The van der Waals surface area contributed by atoms with E-state index < -0.39 is 5.97 Å². The van der Waals surface area contributed by atoms with Gasteiger partial charge in [0.25, 0.3) is 0 Å². The van der Waals surface area contributed by atoms with E-state index >= 15 is 0 Å². The Morgan fingerprint density at radius 3 is 2.59 bits per heavy atom. The first-order chi connectivity index (χ1) is 13.7. The highest BCUT2D eigenvalue weighted by Crippen LogP contribution is 2.39. The Morgan fingerprint density at radius 1 is 1.21 bits per heavy atom. The summed E-state index contributed by atoms with van der Waals surface area (Å²) in [5.74, 6) is 0.918. The average molecular weight is 399 g/mol. The fourth-order valence-electron chi connectivity index (χ4n) is 4.26. The molecule has 1 aromatic carbocycles. The van der Waals surface area contributed by atoms with Crippen LogP contribution in [0.2, 0.25) is 0 Å². The maximum Gasteiger partial charge on any atom is 0.304 e. The summed E-state index contributed by atoms with van der Waals surface area (Å²) >= 11 is 0. The summed E-state index contributed by atoms with van der Waals surface area (Å²) in [6.45, 7) is 10.1. The smallest absolute Gasteiger partial charge is 0.304 e. The van der Waals surface area contributed by atoms with Crippen LogP contribution in [0.5, 0.6) is 5.75 Å². The van der Waals surface area contributed by atoms with Crippen molar-refractivity contribution in [1.82, 2.24) is 10.3 Å². The second-order valence-electron chi connectivity index (χ2n) is 9.39. The van der Waals surface area contributed by atoms with E-state index in [1.807, 2.05) is 12.1 Å². The molecule has 158 valence electrons. The van der Waals surface area contributed by atoms with Gasteiger partial charge in [-0.05, 0) is 73.8 Å². The number of ether oxygens (including phenoxy) is 1. The number of aryl methyl sites for hydroxylation is 1. The molecule has 1 fully saturated rings. The highest BCUT2D eigenvalue weighted by molar-refractivity contribution is 5.83. The summed E-state index contributed by atoms with van der Waals surface area (Å²) in [5, 5.41) is 13.0. The van der Waals surface area contributed by atoms with Crippen LogP contribution >= 0.6 is 0 Å². The largest absolute Gasteiger partial charge is 0.490 e. The van der Waals surface area contributed by atoms with E-state index in [2.05, 4.69) is 45.1 Å². The third-order valence-electron chi connectivity index (χ3n) is 6.06. The number of aromatic nitrogens is 1. The van der Waals surface area contributed by atoms with Crippen molar-refractivity contribution in [2.75, 3.05) is 6.54 Å². The van der Waals surface area contributed by atoms with Gasteiger partial charge in [0.2, 0.25) is 0 Å². The second-order valence-corrected chi connectivity index (χ2v) is 9.39. The lowest BCUT2D eigenvalue weighted by Crippen LogP contribution is -2.30. The quantitative estimate of drug-likeness (QED) is 0.636. The van der Waals surface area contributed by atoms with Crippen LogP contribution in [0.3, 0.4) is 0 Å². The van der Waals surface area contributed by atoms with Crippen LogP contribution in [0.15, 0.2) is 24.3 Å². The van der Waals surface area contributed by atoms with Gasteiger partial charge in [0.1, 0.15) is 5.75 Å². The molecule has 5 heteroatoms. The maximum absolute atomic E-state index is 10.6. The van der Waals surface area contributed by atoms with Crippen molar-refractivity contribution in [2.45, 2.75) is 72.4 Å². The fraction of sp³-hybridized carbons (Fsp3) is 0.583. The third kappa shape index (κ3) is 5.92. The highest BCUT2D eigenvalue weighted by Gasteiger charge is 2.30. The van der Waals surface area contributed by atoms with Crippen LogP contribution in [0.25, 0.3) is 10.9 Å². The van der Waals surface area contributed by atoms with Gasteiger partial charge in [-0.2, -0.15) is 0 Å². The van der Waals surface area contributed by atoms with Crippen LogP contribution in [0, 0.1) is 18.3 Å². The second kappa shape index (κ2) is 9.12. The number of fused-ring (bicyclic) bond motifs is 1. The van der Waals surface area contributed by atoms with Crippen LogP contribution in [-0.2, 0) is 11.3 Å². The van der Waals surface area contributed by atoms with E-state index in [1.165, 1.54) is 12.8 Å². The number of hydrogen-bond acceptors (Lipinski definition) is 4. The lowest BCUT2D eigenvalue weighted by molar-refractivity contribution is -0.136. The Balaban J connectivity index is 1.62. The van der Waals surface area contributed by atoms with E-state index in [-0.39, 0.29) is 6.42 Å². The minimum absolute atomic E-state index is 0.116. The number of pyridine rings is 1. The molecule has 1 heterocycles. The van der Waals surface area contributed by atoms with Gasteiger partial charge >= 0.3 is 5.97 Å². The molecule has 5 nitrogen and oxygen atoms in total. The van der Waals surface area contributed by atoms with Gasteiger partial charge < -0.3 is 15.2 Å². The number of rotatable bonds is 7. The molecule has 1 saturated carbocycles. The molecule has 1 aliphatic rings. The Morgan fingerprint density at radius 2 is 1.93 bits per heavy atom. The number of carboxylic acid groups (broad SMARTS) is 1. The summed E-state index contributed by atoms with van der Waals surface area (Å²) in [6.07, 6.45) is 5.14. The predicted octanol–water partition coefficient (Wildman–Crippen LogP) is 5.09. The van der Waals surface area contributed by atoms with Gasteiger partial charge in [-0.3, -0.25) is 9.78 Å². The number of hydrogen-bond donors (Lipinski definition) is 2. The molecule has 29 heavy (non-hydrogen) atoms. The topological polar surface area (TPSA) is 71.5 Å². The zero-order valence-electron chi connectivity index (χ0n) is 18.1. The van der Waals surface area contributed by atoms with Crippen molar-refractivity contribution in [2.24, 2.45) is 11.3 Å². The molecule has 0 radical (unpaired) electrons. The fourth-order valence-corrected chi connectivity index (χ4v) is 4.26. The van der Waals surface area contributed by atoms with Crippen molar-refractivity contribution in [3.05, 3.63) is 35.5 Å². The van der Waals surface area contributed by atoms with E-state index in [1.54, 1.807) is 0 Å². The van der Waals surface area contributed by atoms with Gasteiger partial charge in [0.15, 0.2) is 0 Å². The number of aliphatic carboxylic acids is 1. The third-order valence-corrected chi connectivity index (χ3v) is 6.06. The maximum atomic E-state index is 10.6. The van der Waals surface area contributed by atoms with Crippen molar-refractivity contribution < 1.29 is 14.6 Å². The standard InChI is InChI=1S/C24H34N2O3/c1-16-13-18(15-25-12-11-23(27)28)26-22-10-9-20(14-21(16)22)29-19-7-5-17(6-8-19)24(2,3)4/h9-10,13-14,17,19,25H,5-8,11-12,15H2,1-4H3,(H,27,28)/t17-,19-. The van der Waals surface area contributed by atoms with Crippen LogP contribution in [0.4, 0.5) is 0 Å². The van der Waals surface area contributed by atoms with Crippen molar-refractivity contribution >= 4 is 16.9 Å². The molecule has 0 saturated heterocycles. The summed E-state index contributed by atoms with van der Waals surface area (Å²) in [6, 6.07) is 8.22. The molecule has 2 aromatic rings. The monoisotopic (exact) mass is 398 g/mol. The van der Waals surface area contributed by atoms with Gasteiger partial charge in [-0.25, -0.2) is 0 Å². The van der Waals surface area contributed by atoms with E-state index in [9.17, 15) is 4.79 Å². The van der Waals surface area contributed by atoms with Crippen molar-refractivity contribution in [3.8, 4) is 5.75 Å². The van der Waals surface area contributed by atoms with Crippen LogP contribution in [-0.4, -0.2) is 28.7 Å². The van der Waals surface area contributed by atoms with E-state index in [4.69, 9.17) is 14.8 Å². The number of nitrogens with zero attached hydrogens (tertiary/aromatic N) is 1. The molecule has 1 aromatic heterocycles. The molecule has 0 aliphatic heterocycles. The lowest BCUT2D eigenvalue weighted by atomic mass is 9.72. The average Bonchev–Trinajstić information content (AvgIpc) is 2.65. The normalized spacial score (nSPS) is 20.0. The summed E-state index contributed by atoms with van der Waals surface area (Å²) in [4.78, 5) is 15.3. The number of benzene rings is 1. The first-order valence-corrected chi connectivity index (χ1v) is 10.7. The van der Waals surface area contributed by atoms with Gasteiger partial charge in [0, 0.05) is 18.5 Å². The molecule has 0 atom stereocenters. The number of carbonyl (C=O) groups is 1. The molecule has 2 N–H and O–H groups in total. The van der Waals surface area contributed by atoms with Gasteiger partial charge in [-0.15, -0.1) is 0 Å². The lowest BCUT2D eigenvalue weighted by Gasteiger charge is -2.37. The number of nitrogens with one attached hydrogen (secondary N) is 1. The number of carboxylic acids is 1. The van der Waals surface area contributed by atoms with E-state index in [0.717, 1.165) is 46.7 Å². The zero-order chi connectivity index (χ0) is 21.0. The van der Waals surface area contributed by atoms with Crippen LogP contribution < -0.4 is 10.1 Å². The summed E-state index contributed by atoms with van der Waals surface area (Å²) < 4.78 is 6.32. The first-order valence-electron chi connectivity index (χ1n) is 10.7. The minimum atomic E-state index is -0.792. The predicted molar refractivity (Wildman–Crippen MR) is 116 cm³/mol.